The van der Waals surface area contributed by atoms with Gasteiger partial charge in [-0.15, -0.1) is 0 Å². The van der Waals surface area contributed by atoms with E-state index in [2.05, 4.69) is 11.4 Å². The molecule has 1 saturated carbocycles. The molecule has 0 aliphatic heterocycles. The molecule has 0 heterocycles. The summed E-state index contributed by atoms with van der Waals surface area (Å²) in [6, 6.07) is 5.69. The molecule has 2 rings (SSSR count). The molecule has 4 nitrogen and oxygen atoms in total. The molecule has 0 aromatic heterocycles. The first kappa shape index (κ1) is 15.2. The largest absolute Gasteiger partial charge is 0.361 e. The molecule has 21 heavy (non-hydrogen) atoms. The summed E-state index contributed by atoms with van der Waals surface area (Å²) >= 11 is 0. The van der Waals surface area contributed by atoms with Crippen LogP contribution in [0.1, 0.15) is 25.7 Å². The first-order chi connectivity index (χ1) is 9.97. The molecule has 0 spiro atoms. The number of carbonyl (C=O) groups excluding carboxylic acids is 1. The number of benzene rings is 1. The number of halogens is 2. The molecule has 0 saturated heterocycles. The molecule has 1 aliphatic carbocycles. The standard InChI is InChI=1S/C15H17F2N3O/c1-20(14-11(16)5-4-6-12(14)17)9-13(21)19-15(10-18)7-2-3-8-15/h4-6H,2-3,7-9H2,1H3,(H,19,21). The number of hydrogen-bond acceptors (Lipinski definition) is 3. The van der Waals surface area contributed by atoms with Crippen molar-refractivity contribution < 1.29 is 13.6 Å². The molecular formula is C15H17F2N3O. The molecule has 1 amide bonds. The predicted octanol–water partition coefficient (Wildman–Crippen LogP) is 2.35. The molecule has 1 aromatic rings. The van der Waals surface area contributed by atoms with Crippen molar-refractivity contribution >= 4 is 11.6 Å². The van der Waals surface area contributed by atoms with Crippen LogP contribution < -0.4 is 10.2 Å². The highest BCUT2D eigenvalue weighted by atomic mass is 19.1. The molecule has 0 radical (unpaired) electrons. The van der Waals surface area contributed by atoms with Gasteiger partial charge in [0.2, 0.25) is 5.91 Å². The fourth-order valence-electron chi connectivity index (χ4n) is 2.70. The van der Waals surface area contributed by atoms with E-state index in [0.29, 0.717) is 12.8 Å². The highest BCUT2D eigenvalue weighted by molar-refractivity contribution is 5.82. The van der Waals surface area contributed by atoms with Crippen molar-refractivity contribution in [2.75, 3.05) is 18.5 Å². The molecular weight excluding hydrogens is 276 g/mol. The van der Waals surface area contributed by atoms with Gasteiger partial charge in [0.05, 0.1) is 12.6 Å². The first-order valence-corrected chi connectivity index (χ1v) is 6.85. The lowest BCUT2D eigenvalue weighted by Crippen LogP contribution is -2.48. The summed E-state index contributed by atoms with van der Waals surface area (Å²) in [4.78, 5) is 13.2. The smallest absolute Gasteiger partial charge is 0.240 e. The Kier molecular flexibility index (Phi) is 4.41. The van der Waals surface area contributed by atoms with Crippen LogP contribution in [0.15, 0.2) is 18.2 Å². The van der Waals surface area contributed by atoms with E-state index in [4.69, 9.17) is 0 Å². The zero-order valence-corrected chi connectivity index (χ0v) is 11.8. The van der Waals surface area contributed by atoms with Gasteiger partial charge in [-0.05, 0) is 37.8 Å². The van der Waals surface area contributed by atoms with Gasteiger partial charge in [0.25, 0.3) is 0 Å². The van der Waals surface area contributed by atoms with Crippen LogP contribution in [0.3, 0.4) is 0 Å². The minimum Gasteiger partial charge on any atom is -0.361 e. The second-order valence-corrected chi connectivity index (χ2v) is 5.38. The van der Waals surface area contributed by atoms with E-state index in [1.807, 2.05) is 0 Å². The number of rotatable bonds is 4. The molecule has 1 aromatic carbocycles. The van der Waals surface area contributed by atoms with Gasteiger partial charge in [0.15, 0.2) is 0 Å². The second-order valence-electron chi connectivity index (χ2n) is 5.38. The summed E-state index contributed by atoms with van der Waals surface area (Å²) < 4.78 is 27.3. The monoisotopic (exact) mass is 293 g/mol. The third kappa shape index (κ3) is 3.30. The predicted molar refractivity (Wildman–Crippen MR) is 74.6 cm³/mol. The number of nitrogens with zero attached hydrogens (tertiary/aromatic N) is 2. The summed E-state index contributed by atoms with van der Waals surface area (Å²) in [7, 11) is 1.44. The fourth-order valence-corrected chi connectivity index (χ4v) is 2.70. The Morgan fingerprint density at radius 1 is 1.38 bits per heavy atom. The number of nitrogens with one attached hydrogen (secondary N) is 1. The average Bonchev–Trinajstić information content (AvgIpc) is 2.87. The van der Waals surface area contributed by atoms with Crippen LogP contribution in [0.2, 0.25) is 0 Å². The number of hydrogen-bond donors (Lipinski definition) is 1. The Bertz CT molecular complexity index is 557. The lowest BCUT2D eigenvalue weighted by Gasteiger charge is -2.25. The molecule has 1 aliphatic rings. The van der Waals surface area contributed by atoms with Crippen LogP contribution >= 0.6 is 0 Å². The van der Waals surface area contributed by atoms with E-state index in [9.17, 15) is 18.8 Å². The SMILES string of the molecule is CN(CC(=O)NC1(C#N)CCCC1)c1c(F)cccc1F. The van der Waals surface area contributed by atoms with E-state index in [0.717, 1.165) is 25.0 Å². The van der Waals surface area contributed by atoms with Gasteiger partial charge in [-0.2, -0.15) is 5.26 Å². The van der Waals surface area contributed by atoms with E-state index in [-0.39, 0.29) is 12.2 Å². The lowest BCUT2D eigenvalue weighted by molar-refractivity contribution is -0.121. The maximum Gasteiger partial charge on any atom is 0.240 e. The Morgan fingerprint density at radius 3 is 2.48 bits per heavy atom. The van der Waals surface area contributed by atoms with Crippen molar-refractivity contribution in [3.8, 4) is 6.07 Å². The molecule has 112 valence electrons. The Hall–Kier alpha value is -2.16. The summed E-state index contributed by atoms with van der Waals surface area (Å²) in [5, 5.41) is 11.9. The average molecular weight is 293 g/mol. The summed E-state index contributed by atoms with van der Waals surface area (Å²) in [5.74, 6) is -1.86. The third-order valence-electron chi connectivity index (χ3n) is 3.75. The van der Waals surface area contributed by atoms with Gasteiger partial charge in [0.1, 0.15) is 22.9 Å². The molecule has 6 heteroatoms. The van der Waals surface area contributed by atoms with Crippen LogP contribution in [-0.2, 0) is 4.79 Å². The zero-order chi connectivity index (χ0) is 15.5. The molecule has 0 unspecified atom stereocenters. The van der Waals surface area contributed by atoms with Gasteiger partial charge in [-0.1, -0.05) is 6.07 Å². The van der Waals surface area contributed by atoms with Gasteiger partial charge in [-0.3, -0.25) is 4.79 Å². The van der Waals surface area contributed by atoms with Gasteiger partial charge in [-0.25, -0.2) is 8.78 Å². The van der Waals surface area contributed by atoms with Crippen molar-refractivity contribution in [2.45, 2.75) is 31.2 Å². The number of para-hydroxylation sites is 1. The van der Waals surface area contributed by atoms with E-state index >= 15 is 0 Å². The van der Waals surface area contributed by atoms with Crippen molar-refractivity contribution in [3.63, 3.8) is 0 Å². The highest BCUT2D eigenvalue weighted by Gasteiger charge is 2.35. The van der Waals surface area contributed by atoms with Crippen LogP contribution in [0.5, 0.6) is 0 Å². The number of amides is 1. The summed E-state index contributed by atoms with van der Waals surface area (Å²) in [6.45, 7) is -0.207. The minimum atomic E-state index is -0.828. The number of likely N-dealkylation sites (N-methyl/N-ethyl adjacent to an activating group) is 1. The molecule has 0 atom stereocenters. The van der Waals surface area contributed by atoms with Crippen molar-refractivity contribution in [2.24, 2.45) is 0 Å². The lowest BCUT2D eigenvalue weighted by atomic mass is 10.00. The number of nitriles is 1. The maximum absolute atomic E-state index is 13.6. The van der Waals surface area contributed by atoms with Crippen LogP contribution in [0.25, 0.3) is 0 Å². The van der Waals surface area contributed by atoms with Crippen LogP contribution in [-0.4, -0.2) is 25.0 Å². The minimum absolute atomic E-state index is 0.207. The van der Waals surface area contributed by atoms with Crippen molar-refractivity contribution in [1.29, 1.82) is 5.26 Å². The van der Waals surface area contributed by atoms with E-state index < -0.39 is 23.1 Å². The van der Waals surface area contributed by atoms with E-state index in [1.54, 1.807) is 0 Å². The number of anilines is 1. The Morgan fingerprint density at radius 2 is 1.95 bits per heavy atom. The third-order valence-corrected chi connectivity index (χ3v) is 3.75. The highest BCUT2D eigenvalue weighted by Crippen LogP contribution is 2.29. The van der Waals surface area contributed by atoms with Gasteiger partial charge < -0.3 is 10.2 Å². The normalized spacial score (nSPS) is 16.3. The second kappa shape index (κ2) is 6.08. The van der Waals surface area contributed by atoms with Gasteiger partial charge >= 0.3 is 0 Å². The molecule has 1 fully saturated rings. The quantitative estimate of drug-likeness (QED) is 0.927. The Balaban J connectivity index is 2.04. The van der Waals surface area contributed by atoms with Crippen molar-refractivity contribution in [1.82, 2.24) is 5.32 Å². The Labute approximate surface area is 122 Å². The van der Waals surface area contributed by atoms with Crippen LogP contribution in [0.4, 0.5) is 14.5 Å². The first-order valence-electron chi connectivity index (χ1n) is 6.85. The van der Waals surface area contributed by atoms with E-state index in [1.165, 1.54) is 18.0 Å². The number of carbonyl (C=O) groups is 1. The molecule has 0 bridgehead atoms. The fraction of sp³-hybridized carbons (Fsp3) is 0.467. The zero-order valence-electron chi connectivity index (χ0n) is 11.8. The summed E-state index contributed by atoms with van der Waals surface area (Å²) in [5.41, 5.74) is -1.07. The van der Waals surface area contributed by atoms with Gasteiger partial charge in [0, 0.05) is 7.05 Å². The molecule has 1 N–H and O–H groups in total. The van der Waals surface area contributed by atoms with Crippen LogP contribution in [0, 0.1) is 23.0 Å². The van der Waals surface area contributed by atoms with Crippen molar-refractivity contribution in [3.05, 3.63) is 29.8 Å². The topological polar surface area (TPSA) is 56.1 Å². The maximum atomic E-state index is 13.6. The summed E-state index contributed by atoms with van der Waals surface area (Å²) in [6.07, 6.45) is 3.03.